The van der Waals surface area contributed by atoms with Crippen LogP contribution in [0.1, 0.15) is 30.0 Å². The van der Waals surface area contributed by atoms with Gasteiger partial charge in [0.1, 0.15) is 18.4 Å². The third-order valence-electron chi connectivity index (χ3n) is 7.24. The lowest BCUT2D eigenvalue weighted by atomic mass is 10.1. The maximum absolute atomic E-state index is 13.9. The predicted molar refractivity (Wildman–Crippen MR) is 161 cm³/mol. The average Bonchev–Trinajstić information content (AvgIpc) is 3.31. The molecule has 2 aliphatic heterocycles. The monoisotopic (exact) mass is 570 g/mol. The standard InChI is InChI=1S/C31H34N6O3S/c1-2-16-35(31(40)33-18-23-12-7-4-8-13-23)36-21-28(38)37-26(17-22-10-5-3-6-11-22)30(39)34(20-27(36)37)19-24-14-9-15-25(32)29(24)41/h3-15,17,27,41H,2,16,18-21,32H2,1H3,(H,33,40)/b26-17+/t27-/m1/s1. The average molecular weight is 571 g/mol. The van der Waals surface area contributed by atoms with Crippen LogP contribution in [-0.2, 0) is 22.7 Å². The summed E-state index contributed by atoms with van der Waals surface area (Å²) in [6.07, 6.45) is 1.87. The molecule has 4 amide bonds. The van der Waals surface area contributed by atoms with Crippen LogP contribution in [0.3, 0.4) is 0 Å². The Kier molecular flexibility index (Phi) is 8.61. The van der Waals surface area contributed by atoms with Crippen molar-refractivity contribution in [2.75, 3.05) is 25.4 Å². The molecular formula is C31H34N6O3S. The van der Waals surface area contributed by atoms with Gasteiger partial charge in [0, 0.05) is 30.2 Å². The van der Waals surface area contributed by atoms with Gasteiger partial charge in [-0.05, 0) is 35.3 Å². The molecule has 9 nitrogen and oxygen atoms in total. The summed E-state index contributed by atoms with van der Waals surface area (Å²) in [5, 5.41) is 6.38. The fourth-order valence-electron chi connectivity index (χ4n) is 5.22. The summed E-state index contributed by atoms with van der Waals surface area (Å²) in [4.78, 5) is 44.8. The number of hydrogen-bond acceptors (Lipinski definition) is 6. The molecule has 3 N–H and O–H groups in total. The zero-order chi connectivity index (χ0) is 28.9. The van der Waals surface area contributed by atoms with Crippen LogP contribution < -0.4 is 11.1 Å². The summed E-state index contributed by atoms with van der Waals surface area (Å²) < 4.78 is 0. The number of amides is 4. The van der Waals surface area contributed by atoms with Crippen LogP contribution in [0.5, 0.6) is 0 Å². The third-order valence-corrected chi connectivity index (χ3v) is 7.78. The Hall–Kier alpha value is -4.28. The highest BCUT2D eigenvalue weighted by atomic mass is 32.1. The van der Waals surface area contributed by atoms with E-state index in [0.29, 0.717) is 30.1 Å². The van der Waals surface area contributed by atoms with Crippen molar-refractivity contribution >= 4 is 42.2 Å². The van der Waals surface area contributed by atoms with E-state index in [4.69, 9.17) is 5.73 Å². The van der Waals surface area contributed by atoms with E-state index in [1.165, 1.54) is 0 Å². The molecule has 3 aromatic carbocycles. The second-order valence-corrected chi connectivity index (χ2v) is 10.5. The van der Waals surface area contributed by atoms with Crippen LogP contribution in [0.4, 0.5) is 10.5 Å². The molecule has 212 valence electrons. The van der Waals surface area contributed by atoms with E-state index in [1.807, 2.05) is 79.7 Å². The number of hydrazine groups is 1. The van der Waals surface area contributed by atoms with Gasteiger partial charge in [0.25, 0.3) is 5.91 Å². The SMILES string of the molecule is CCCN(C(=O)NCc1ccccc1)N1CC(=O)N2/C(=C/c3ccccc3)C(=O)N(Cc3cccc(N)c3S)C[C@@H]21. The molecule has 0 unspecified atom stereocenters. The Morgan fingerprint density at radius 1 is 1.05 bits per heavy atom. The van der Waals surface area contributed by atoms with E-state index in [0.717, 1.165) is 16.7 Å². The Labute approximate surface area is 245 Å². The fraction of sp³-hybridized carbons (Fsp3) is 0.258. The molecule has 10 heteroatoms. The van der Waals surface area contributed by atoms with E-state index >= 15 is 0 Å². The second-order valence-electron chi connectivity index (χ2n) is 10.1. The molecule has 1 atom stereocenters. The lowest BCUT2D eigenvalue weighted by Gasteiger charge is -2.43. The number of carbonyl (C=O) groups excluding carboxylic acids is 3. The van der Waals surface area contributed by atoms with Crippen molar-refractivity contribution in [3.05, 3.63) is 101 Å². The Morgan fingerprint density at radius 3 is 2.46 bits per heavy atom. The topological polar surface area (TPSA) is 102 Å². The first-order valence-electron chi connectivity index (χ1n) is 13.7. The van der Waals surface area contributed by atoms with Crippen LogP contribution in [0.15, 0.2) is 89.5 Å². The zero-order valence-electron chi connectivity index (χ0n) is 22.9. The maximum atomic E-state index is 13.9. The second kappa shape index (κ2) is 12.5. The number of thiol groups is 1. The molecule has 0 spiro atoms. The number of carbonyl (C=O) groups is 3. The van der Waals surface area contributed by atoms with Crippen molar-refractivity contribution in [3.63, 3.8) is 0 Å². The van der Waals surface area contributed by atoms with Crippen LogP contribution in [-0.4, -0.2) is 63.5 Å². The van der Waals surface area contributed by atoms with Crippen molar-refractivity contribution < 1.29 is 14.4 Å². The number of nitrogens with two attached hydrogens (primary N) is 1. The van der Waals surface area contributed by atoms with Crippen molar-refractivity contribution in [1.82, 2.24) is 25.1 Å². The van der Waals surface area contributed by atoms with Gasteiger partial charge in [0.05, 0.1) is 6.54 Å². The number of piperazine rings is 1. The Bertz CT molecular complexity index is 1450. The highest BCUT2D eigenvalue weighted by Gasteiger charge is 2.50. The molecule has 41 heavy (non-hydrogen) atoms. The molecule has 2 heterocycles. The highest BCUT2D eigenvalue weighted by molar-refractivity contribution is 7.80. The van der Waals surface area contributed by atoms with Crippen molar-refractivity contribution in [2.24, 2.45) is 0 Å². The zero-order valence-corrected chi connectivity index (χ0v) is 23.8. The van der Waals surface area contributed by atoms with Gasteiger partial charge in [-0.25, -0.2) is 4.79 Å². The molecule has 0 aromatic heterocycles. The Balaban J connectivity index is 1.48. The smallest absolute Gasteiger partial charge is 0.332 e. The molecule has 5 rings (SSSR count). The summed E-state index contributed by atoms with van der Waals surface area (Å²) >= 11 is 4.58. The van der Waals surface area contributed by atoms with Gasteiger partial charge in [0.2, 0.25) is 5.91 Å². The summed E-state index contributed by atoms with van der Waals surface area (Å²) in [6, 6.07) is 24.3. The van der Waals surface area contributed by atoms with Gasteiger partial charge in [-0.3, -0.25) is 19.5 Å². The molecule has 3 aromatic rings. The minimum Gasteiger partial charge on any atom is -0.398 e. The molecule has 2 saturated heterocycles. The van der Waals surface area contributed by atoms with Gasteiger partial charge in [-0.2, -0.15) is 5.01 Å². The minimum absolute atomic E-state index is 0.0211. The molecule has 0 aliphatic carbocycles. The number of hydrogen-bond donors (Lipinski definition) is 3. The number of benzene rings is 3. The summed E-state index contributed by atoms with van der Waals surface area (Å²) in [5.41, 5.74) is 9.46. The lowest BCUT2D eigenvalue weighted by molar-refractivity contribution is -0.142. The number of rotatable bonds is 8. The minimum atomic E-state index is -0.561. The lowest BCUT2D eigenvalue weighted by Crippen LogP contribution is -2.61. The number of nitrogen functional groups attached to an aromatic ring is 1. The van der Waals surface area contributed by atoms with Gasteiger partial charge >= 0.3 is 6.03 Å². The van der Waals surface area contributed by atoms with E-state index in [-0.39, 0.29) is 43.2 Å². The number of urea groups is 1. The van der Waals surface area contributed by atoms with Gasteiger partial charge < -0.3 is 16.0 Å². The first-order valence-corrected chi connectivity index (χ1v) is 14.1. The number of nitrogens with one attached hydrogen (secondary N) is 1. The molecule has 2 fully saturated rings. The summed E-state index contributed by atoms with van der Waals surface area (Å²) in [5.74, 6) is -0.507. The first kappa shape index (κ1) is 28.3. The van der Waals surface area contributed by atoms with Crippen LogP contribution >= 0.6 is 12.6 Å². The molecular weight excluding hydrogens is 536 g/mol. The van der Waals surface area contributed by atoms with E-state index in [1.54, 1.807) is 32.0 Å². The third kappa shape index (κ3) is 6.08. The largest absolute Gasteiger partial charge is 0.398 e. The van der Waals surface area contributed by atoms with Crippen molar-refractivity contribution in [1.29, 1.82) is 0 Å². The van der Waals surface area contributed by atoms with Crippen LogP contribution in [0.25, 0.3) is 6.08 Å². The van der Waals surface area contributed by atoms with Crippen LogP contribution in [0, 0.1) is 0 Å². The molecule has 2 aliphatic rings. The van der Waals surface area contributed by atoms with Gasteiger partial charge in [-0.15, -0.1) is 12.6 Å². The normalized spacial score (nSPS) is 18.1. The fourth-order valence-corrected chi connectivity index (χ4v) is 5.44. The number of anilines is 1. The summed E-state index contributed by atoms with van der Waals surface area (Å²) in [7, 11) is 0. The highest BCUT2D eigenvalue weighted by Crippen LogP contribution is 2.33. The van der Waals surface area contributed by atoms with Crippen LogP contribution in [0.2, 0.25) is 0 Å². The first-order chi connectivity index (χ1) is 19.9. The van der Waals surface area contributed by atoms with Gasteiger partial charge in [0.15, 0.2) is 0 Å². The molecule has 0 radical (unpaired) electrons. The Morgan fingerprint density at radius 2 is 1.76 bits per heavy atom. The molecule has 0 bridgehead atoms. The van der Waals surface area contributed by atoms with E-state index in [2.05, 4.69) is 17.9 Å². The van der Waals surface area contributed by atoms with E-state index in [9.17, 15) is 14.4 Å². The van der Waals surface area contributed by atoms with Crippen molar-refractivity contribution in [2.45, 2.75) is 37.5 Å². The summed E-state index contributed by atoms with van der Waals surface area (Å²) in [6.45, 7) is 3.21. The number of nitrogens with zero attached hydrogens (tertiary/aromatic N) is 4. The van der Waals surface area contributed by atoms with E-state index < -0.39 is 6.17 Å². The predicted octanol–water partition coefficient (Wildman–Crippen LogP) is 3.95. The number of fused-ring (bicyclic) bond motifs is 1. The van der Waals surface area contributed by atoms with Gasteiger partial charge in [-0.1, -0.05) is 79.7 Å². The quantitative estimate of drug-likeness (QED) is 0.216. The maximum Gasteiger partial charge on any atom is 0.332 e. The van der Waals surface area contributed by atoms with Crippen molar-refractivity contribution in [3.8, 4) is 0 Å². The molecule has 0 saturated carbocycles.